The number of esters is 1. The first-order valence-electron chi connectivity index (χ1n) is 5.28. The molecule has 0 radical (unpaired) electrons. The van der Waals surface area contributed by atoms with E-state index in [9.17, 15) is 9.36 Å². The predicted molar refractivity (Wildman–Crippen MR) is 65.3 cm³/mol. The predicted octanol–water partition coefficient (Wildman–Crippen LogP) is 0.637. The first-order chi connectivity index (χ1) is 7.91. The van der Waals surface area contributed by atoms with Crippen LogP contribution >= 0.6 is 7.82 Å². The summed E-state index contributed by atoms with van der Waals surface area (Å²) in [5.74, 6) is -0.588. The second-order valence-electron chi connectivity index (χ2n) is 4.89. The molecule has 0 aliphatic carbocycles. The fourth-order valence-electron chi connectivity index (χ4n) is 1.16. The molecule has 0 aromatic heterocycles. The Morgan fingerprint density at radius 1 is 1.44 bits per heavy atom. The first kappa shape index (κ1) is 17.3. The number of rotatable bonds is 7. The van der Waals surface area contributed by atoms with Crippen LogP contribution in [0.1, 0.15) is 13.3 Å². The van der Waals surface area contributed by atoms with Crippen molar-refractivity contribution in [3.8, 4) is 0 Å². The quantitative estimate of drug-likeness (QED) is 0.234. The number of hydrogen-bond acceptors (Lipinski definition) is 4. The highest BCUT2D eigenvalue weighted by molar-refractivity contribution is 7.46. The van der Waals surface area contributed by atoms with Crippen LogP contribution in [0.15, 0.2) is 12.7 Å². The minimum absolute atomic E-state index is 0.0170. The minimum atomic E-state index is -4.63. The lowest BCUT2D eigenvalue weighted by Gasteiger charge is -2.42. The molecule has 0 aromatic rings. The van der Waals surface area contributed by atoms with Gasteiger partial charge in [-0.25, -0.2) is 13.9 Å². The average Bonchev–Trinajstić information content (AvgIpc) is 2.12. The Morgan fingerprint density at radius 3 is 2.28 bits per heavy atom. The van der Waals surface area contributed by atoms with Crippen LogP contribution in [0, 0.1) is 0 Å². The third-order valence-electron chi connectivity index (χ3n) is 2.71. The lowest BCUT2D eigenvalue weighted by Crippen LogP contribution is -2.56. The molecule has 106 valence electrons. The molecule has 18 heavy (non-hydrogen) atoms. The molecule has 0 spiro atoms. The van der Waals surface area contributed by atoms with Crippen molar-refractivity contribution in [3.05, 3.63) is 12.7 Å². The SMILES string of the molecule is C=CC(=O)OCCC(C)(OP(=O)(O)O)[N+](C)(C)C. The van der Waals surface area contributed by atoms with Crippen molar-refractivity contribution >= 4 is 13.8 Å². The Labute approximate surface area is 107 Å². The maximum Gasteiger partial charge on any atom is 0.474 e. The highest BCUT2D eigenvalue weighted by atomic mass is 31.2. The second kappa shape index (κ2) is 5.95. The van der Waals surface area contributed by atoms with Gasteiger partial charge in [0, 0.05) is 13.0 Å². The van der Waals surface area contributed by atoms with Crippen LogP contribution in [0.4, 0.5) is 0 Å². The molecule has 1 unspecified atom stereocenters. The fourth-order valence-corrected chi connectivity index (χ4v) is 2.01. The number of nitrogens with zero attached hydrogens (tertiary/aromatic N) is 1. The van der Waals surface area contributed by atoms with Gasteiger partial charge in [0.25, 0.3) is 0 Å². The summed E-state index contributed by atoms with van der Waals surface area (Å²) in [5, 5.41) is 0. The van der Waals surface area contributed by atoms with E-state index in [0.717, 1.165) is 6.08 Å². The van der Waals surface area contributed by atoms with Gasteiger partial charge in [0.1, 0.15) is 6.61 Å². The maximum atomic E-state index is 11.0. The minimum Gasteiger partial charge on any atom is -0.462 e. The van der Waals surface area contributed by atoms with Crippen molar-refractivity contribution in [1.82, 2.24) is 0 Å². The lowest BCUT2D eigenvalue weighted by molar-refractivity contribution is -0.944. The zero-order valence-electron chi connectivity index (χ0n) is 11.1. The molecule has 1 atom stereocenters. The topological polar surface area (TPSA) is 93.1 Å². The molecule has 0 heterocycles. The number of phosphoric ester groups is 1. The molecule has 0 aliphatic rings. The average molecular weight is 282 g/mol. The summed E-state index contributed by atoms with van der Waals surface area (Å²) in [7, 11) is 0.551. The van der Waals surface area contributed by atoms with E-state index in [1.807, 2.05) is 0 Å². The van der Waals surface area contributed by atoms with E-state index in [2.05, 4.69) is 6.58 Å². The third-order valence-corrected chi connectivity index (χ3v) is 3.34. The smallest absolute Gasteiger partial charge is 0.462 e. The van der Waals surface area contributed by atoms with E-state index in [-0.39, 0.29) is 17.5 Å². The zero-order chi connectivity index (χ0) is 14.6. The van der Waals surface area contributed by atoms with Gasteiger partial charge in [0.05, 0.1) is 27.6 Å². The molecule has 0 saturated carbocycles. The van der Waals surface area contributed by atoms with E-state index in [1.54, 1.807) is 28.1 Å². The molecule has 0 saturated heterocycles. The van der Waals surface area contributed by atoms with Crippen LogP contribution in [0.3, 0.4) is 0 Å². The maximum absolute atomic E-state index is 11.0. The highest BCUT2D eigenvalue weighted by Gasteiger charge is 2.44. The fraction of sp³-hybridized carbons (Fsp3) is 0.700. The van der Waals surface area contributed by atoms with Crippen LogP contribution in [0.25, 0.3) is 0 Å². The lowest BCUT2D eigenvalue weighted by atomic mass is 10.1. The largest absolute Gasteiger partial charge is 0.474 e. The number of phosphoric acid groups is 1. The van der Waals surface area contributed by atoms with Crippen molar-refractivity contribution in [2.75, 3.05) is 27.7 Å². The Hall–Kier alpha value is -0.720. The molecule has 0 fully saturated rings. The molecule has 8 heteroatoms. The van der Waals surface area contributed by atoms with Crippen LogP contribution in [0.2, 0.25) is 0 Å². The summed E-state index contributed by atoms with van der Waals surface area (Å²) in [5.41, 5.74) is -1.18. The molecule has 0 amide bonds. The summed E-state index contributed by atoms with van der Waals surface area (Å²) in [6.45, 7) is 4.78. The van der Waals surface area contributed by atoms with Crippen LogP contribution in [-0.4, -0.2) is 53.7 Å². The zero-order valence-corrected chi connectivity index (χ0v) is 12.0. The van der Waals surface area contributed by atoms with E-state index in [4.69, 9.17) is 19.0 Å². The number of carbonyl (C=O) groups is 1. The Morgan fingerprint density at radius 2 is 1.94 bits per heavy atom. The summed E-state index contributed by atoms with van der Waals surface area (Å²) in [4.78, 5) is 28.7. The van der Waals surface area contributed by atoms with Crippen LogP contribution < -0.4 is 0 Å². The third kappa shape index (κ3) is 5.75. The summed E-state index contributed by atoms with van der Waals surface area (Å²) >= 11 is 0. The summed E-state index contributed by atoms with van der Waals surface area (Å²) in [6.07, 6.45) is 1.16. The number of ether oxygens (including phenoxy) is 1. The van der Waals surface area contributed by atoms with Gasteiger partial charge in [-0.1, -0.05) is 6.58 Å². The molecular formula is C10H21NO6P+. The van der Waals surface area contributed by atoms with Crippen molar-refractivity contribution in [1.29, 1.82) is 0 Å². The second-order valence-corrected chi connectivity index (χ2v) is 6.05. The Kier molecular flexibility index (Phi) is 5.71. The normalized spacial score (nSPS) is 15.9. The number of hydrogen-bond donors (Lipinski definition) is 2. The standard InChI is InChI=1S/C10H20NO6P/c1-6-9(12)16-8-7-10(2,11(3,4)5)17-18(13,14)15/h6H,1,7-8H2,2-5H3,(H-,13,14,15)/p+1. The molecule has 0 bridgehead atoms. The number of quaternary nitrogens is 1. The monoisotopic (exact) mass is 282 g/mol. The molecule has 0 rings (SSSR count). The van der Waals surface area contributed by atoms with Crippen molar-refractivity contribution < 1.29 is 32.9 Å². The first-order valence-corrected chi connectivity index (χ1v) is 6.81. The van der Waals surface area contributed by atoms with Crippen molar-refractivity contribution in [3.63, 3.8) is 0 Å². The van der Waals surface area contributed by atoms with Crippen molar-refractivity contribution in [2.45, 2.75) is 19.1 Å². The molecule has 2 N–H and O–H groups in total. The van der Waals surface area contributed by atoms with E-state index in [0.29, 0.717) is 0 Å². The van der Waals surface area contributed by atoms with E-state index >= 15 is 0 Å². The van der Waals surface area contributed by atoms with Gasteiger partial charge in [0.2, 0.25) is 5.72 Å². The molecular weight excluding hydrogens is 261 g/mol. The Balaban J connectivity index is 4.75. The van der Waals surface area contributed by atoms with Crippen molar-refractivity contribution in [2.24, 2.45) is 0 Å². The van der Waals surface area contributed by atoms with Gasteiger partial charge in [-0.05, 0) is 0 Å². The van der Waals surface area contributed by atoms with Crippen LogP contribution in [0.5, 0.6) is 0 Å². The molecule has 7 nitrogen and oxygen atoms in total. The van der Waals surface area contributed by atoms with E-state index < -0.39 is 19.5 Å². The number of carbonyl (C=O) groups excluding carboxylic acids is 1. The van der Waals surface area contributed by atoms with Gasteiger partial charge in [-0.3, -0.25) is 0 Å². The molecule has 0 aromatic carbocycles. The van der Waals surface area contributed by atoms with E-state index in [1.165, 1.54) is 0 Å². The summed E-state index contributed by atoms with van der Waals surface area (Å²) in [6, 6.07) is 0. The van der Waals surface area contributed by atoms with Gasteiger partial charge >= 0.3 is 13.8 Å². The molecule has 0 aliphatic heterocycles. The highest BCUT2D eigenvalue weighted by Crippen LogP contribution is 2.44. The Bertz CT molecular complexity index is 358. The summed E-state index contributed by atoms with van der Waals surface area (Å²) < 4.78 is 20.8. The van der Waals surface area contributed by atoms with Gasteiger partial charge in [-0.2, -0.15) is 0 Å². The van der Waals surface area contributed by atoms with Gasteiger partial charge < -0.3 is 19.0 Å². The van der Waals surface area contributed by atoms with Gasteiger partial charge in [0.15, 0.2) is 0 Å². The van der Waals surface area contributed by atoms with Crippen LogP contribution in [-0.2, 0) is 18.6 Å². The van der Waals surface area contributed by atoms with Gasteiger partial charge in [-0.15, -0.1) is 0 Å².